The van der Waals surface area contributed by atoms with E-state index in [9.17, 15) is 22.0 Å². The fourth-order valence-electron chi connectivity index (χ4n) is 2.11. The predicted molar refractivity (Wildman–Crippen MR) is 96.2 cm³/mol. The van der Waals surface area contributed by atoms with Gasteiger partial charge >= 0.3 is 0 Å². The summed E-state index contributed by atoms with van der Waals surface area (Å²) in [4.78, 5) is 12.1. The van der Waals surface area contributed by atoms with Crippen molar-refractivity contribution in [3.63, 3.8) is 0 Å². The third-order valence-electron chi connectivity index (χ3n) is 3.45. The summed E-state index contributed by atoms with van der Waals surface area (Å²) in [6, 6.07) is 8.11. The molecule has 0 fully saturated rings. The highest BCUT2D eigenvalue weighted by Crippen LogP contribution is 2.21. The van der Waals surface area contributed by atoms with Crippen molar-refractivity contribution in [2.45, 2.75) is 11.8 Å². The SMILES string of the molecule is Cc1nnsc1C(=O)Nc1ccc(NS(=O)(=O)c2ccc(F)c(F)c2)cc1. The molecule has 0 aliphatic rings. The second-order valence-corrected chi connectivity index (χ2v) is 7.84. The zero-order valence-corrected chi connectivity index (χ0v) is 15.4. The van der Waals surface area contributed by atoms with E-state index in [4.69, 9.17) is 0 Å². The van der Waals surface area contributed by atoms with Crippen LogP contribution >= 0.6 is 11.5 Å². The van der Waals surface area contributed by atoms with Gasteiger partial charge in [-0.15, -0.1) is 5.10 Å². The van der Waals surface area contributed by atoms with Gasteiger partial charge in [0.2, 0.25) is 0 Å². The van der Waals surface area contributed by atoms with Gasteiger partial charge in [-0.1, -0.05) is 4.49 Å². The number of benzene rings is 2. The van der Waals surface area contributed by atoms with Crippen molar-refractivity contribution in [3.05, 3.63) is 64.7 Å². The lowest BCUT2D eigenvalue weighted by molar-refractivity contribution is 0.103. The maximum atomic E-state index is 13.3. The largest absolute Gasteiger partial charge is 0.321 e. The van der Waals surface area contributed by atoms with Crippen LogP contribution < -0.4 is 10.0 Å². The summed E-state index contributed by atoms with van der Waals surface area (Å²) in [6.45, 7) is 1.66. The molecule has 0 atom stereocenters. The van der Waals surface area contributed by atoms with Gasteiger partial charge in [0.15, 0.2) is 11.6 Å². The zero-order valence-electron chi connectivity index (χ0n) is 13.7. The second kappa shape index (κ2) is 7.37. The predicted octanol–water partition coefficient (Wildman–Crippen LogP) is 3.18. The summed E-state index contributed by atoms with van der Waals surface area (Å²) >= 11 is 0.966. The van der Waals surface area contributed by atoms with Gasteiger partial charge in [-0.2, -0.15) is 0 Å². The number of aromatic nitrogens is 2. The Labute approximate surface area is 157 Å². The zero-order chi connectivity index (χ0) is 19.6. The normalized spacial score (nSPS) is 11.2. The van der Waals surface area contributed by atoms with E-state index in [2.05, 4.69) is 19.6 Å². The van der Waals surface area contributed by atoms with Crippen LogP contribution in [-0.2, 0) is 10.0 Å². The van der Waals surface area contributed by atoms with Crippen molar-refractivity contribution in [2.75, 3.05) is 10.0 Å². The molecule has 7 nitrogen and oxygen atoms in total. The second-order valence-electron chi connectivity index (χ2n) is 5.40. The van der Waals surface area contributed by atoms with Crippen LogP contribution in [0, 0.1) is 18.6 Å². The first-order valence-electron chi connectivity index (χ1n) is 7.44. The molecule has 0 radical (unpaired) electrons. The molecule has 0 aliphatic heterocycles. The Morgan fingerprint density at radius 1 is 1.04 bits per heavy atom. The van der Waals surface area contributed by atoms with Crippen LogP contribution in [0.3, 0.4) is 0 Å². The van der Waals surface area contributed by atoms with Gasteiger partial charge < -0.3 is 5.32 Å². The van der Waals surface area contributed by atoms with Gasteiger partial charge in [0.25, 0.3) is 15.9 Å². The van der Waals surface area contributed by atoms with Crippen molar-refractivity contribution in [3.8, 4) is 0 Å². The molecule has 1 amide bonds. The van der Waals surface area contributed by atoms with Crippen molar-refractivity contribution < 1.29 is 22.0 Å². The molecule has 11 heteroatoms. The minimum Gasteiger partial charge on any atom is -0.321 e. The first kappa shape index (κ1) is 18.9. The minimum absolute atomic E-state index is 0.188. The number of hydrogen-bond acceptors (Lipinski definition) is 6. The highest BCUT2D eigenvalue weighted by molar-refractivity contribution is 7.92. The molecular weight excluding hydrogens is 398 g/mol. The van der Waals surface area contributed by atoms with Crippen LogP contribution in [-0.4, -0.2) is 23.9 Å². The van der Waals surface area contributed by atoms with Crippen LogP contribution in [0.5, 0.6) is 0 Å². The Morgan fingerprint density at radius 3 is 2.30 bits per heavy atom. The summed E-state index contributed by atoms with van der Waals surface area (Å²) in [5, 5.41) is 6.40. The highest BCUT2D eigenvalue weighted by atomic mass is 32.2. The lowest BCUT2D eigenvalue weighted by Gasteiger charge is -2.09. The third-order valence-corrected chi connectivity index (χ3v) is 5.66. The molecule has 0 spiro atoms. The molecule has 0 bridgehead atoms. The molecule has 2 aromatic carbocycles. The number of carbonyl (C=O) groups is 1. The van der Waals surface area contributed by atoms with E-state index in [0.717, 1.165) is 23.7 Å². The van der Waals surface area contributed by atoms with Crippen molar-refractivity contribution >= 4 is 38.8 Å². The Kier molecular flexibility index (Phi) is 5.15. The van der Waals surface area contributed by atoms with E-state index in [0.29, 0.717) is 22.3 Å². The van der Waals surface area contributed by atoms with Crippen molar-refractivity contribution in [1.82, 2.24) is 9.59 Å². The molecule has 1 heterocycles. The summed E-state index contributed by atoms with van der Waals surface area (Å²) in [5.41, 5.74) is 1.13. The molecule has 0 aliphatic carbocycles. The maximum absolute atomic E-state index is 13.3. The number of amides is 1. The van der Waals surface area contributed by atoms with Gasteiger partial charge in [0.05, 0.1) is 10.6 Å². The topological polar surface area (TPSA) is 101 Å². The summed E-state index contributed by atoms with van der Waals surface area (Å²) in [7, 11) is -4.09. The van der Waals surface area contributed by atoms with Crippen LogP contribution in [0.2, 0.25) is 0 Å². The van der Waals surface area contributed by atoms with Crippen molar-refractivity contribution in [1.29, 1.82) is 0 Å². The fraction of sp³-hybridized carbons (Fsp3) is 0.0625. The van der Waals surface area contributed by atoms with Gasteiger partial charge in [-0.3, -0.25) is 9.52 Å². The van der Waals surface area contributed by atoms with Crippen LogP contribution in [0.25, 0.3) is 0 Å². The Bertz CT molecular complexity index is 1100. The number of halogens is 2. The van der Waals surface area contributed by atoms with Gasteiger partial charge in [-0.05, 0) is 60.9 Å². The molecule has 0 unspecified atom stereocenters. The summed E-state index contributed by atoms with van der Waals surface area (Å²) < 4.78 is 56.6. The molecule has 140 valence electrons. The van der Waals surface area contributed by atoms with E-state index >= 15 is 0 Å². The van der Waals surface area contributed by atoms with E-state index in [-0.39, 0.29) is 11.6 Å². The maximum Gasteiger partial charge on any atom is 0.269 e. The first-order chi connectivity index (χ1) is 12.8. The standard InChI is InChI=1S/C16H12F2N4O3S2/c1-9-15(26-22-20-9)16(23)19-10-2-4-11(5-3-10)21-27(24,25)12-6-7-13(17)14(18)8-12/h2-8,21H,1H3,(H,19,23). The number of rotatable bonds is 5. The highest BCUT2D eigenvalue weighted by Gasteiger charge is 2.17. The van der Waals surface area contributed by atoms with Crippen LogP contribution in [0.15, 0.2) is 47.4 Å². The number of hydrogen-bond donors (Lipinski definition) is 2. The number of nitrogens with one attached hydrogen (secondary N) is 2. The number of aryl methyl sites for hydroxylation is 1. The molecule has 0 saturated heterocycles. The van der Waals surface area contributed by atoms with Crippen LogP contribution in [0.1, 0.15) is 15.4 Å². The van der Waals surface area contributed by atoms with Gasteiger partial charge in [-0.25, -0.2) is 17.2 Å². The van der Waals surface area contributed by atoms with Gasteiger partial charge in [0, 0.05) is 11.4 Å². The Hall–Kier alpha value is -2.92. The average Bonchev–Trinajstić information content (AvgIpc) is 3.05. The van der Waals surface area contributed by atoms with E-state index in [1.807, 2.05) is 0 Å². The Balaban J connectivity index is 1.72. The quantitative estimate of drug-likeness (QED) is 0.673. The van der Waals surface area contributed by atoms with E-state index in [1.165, 1.54) is 24.3 Å². The number of nitrogens with zero attached hydrogens (tertiary/aromatic N) is 2. The molecule has 3 aromatic rings. The van der Waals surface area contributed by atoms with Gasteiger partial charge in [0.1, 0.15) is 4.88 Å². The number of sulfonamides is 1. The smallest absolute Gasteiger partial charge is 0.269 e. The molecule has 2 N–H and O–H groups in total. The van der Waals surface area contributed by atoms with Crippen LogP contribution in [0.4, 0.5) is 20.2 Å². The first-order valence-corrected chi connectivity index (χ1v) is 9.70. The summed E-state index contributed by atoms with van der Waals surface area (Å²) in [6.07, 6.45) is 0. The lowest BCUT2D eigenvalue weighted by atomic mass is 10.3. The summed E-state index contributed by atoms with van der Waals surface area (Å²) in [5.74, 6) is -2.78. The monoisotopic (exact) mass is 410 g/mol. The van der Waals surface area contributed by atoms with E-state index in [1.54, 1.807) is 6.92 Å². The van der Waals surface area contributed by atoms with E-state index < -0.39 is 26.6 Å². The lowest BCUT2D eigenvalue weighted by Crippen LogP contribution is -2.14. The number of carbonyl (C=O) groups excluding carboxylic acids is 1. The molecular formula is C16H12F2N4O3S2. The number of anilines is 2. The Morgan fingerprint density at radius 2 is 1.70 bits per heavy atom. The fourth-order valence-corrected chi connectivity index (χ4v) is 3.73. The average molecular weight is 410 g/mol. The molecule has 1 aromatic heterocycles. The minimum atomic E-state index is -4.09. The molecule has 0 saturated carbocycles. The molecule has 3 rings (SSSR count). The van der Waals surface area contributed by atoms with Crippen molar-refractivity contribution in [2.24, 2.45) is 0 Å². The molecule has 27 heavy (non-hydrogen) atoms. The third kappa shape index (κ3) is 4.26.